The molecule has 0 saturated heterocycles. The SMILES string of the molecule is Cc1cc(C(=O)NCC2=CC=C(CCCF)C(C)C2N)nc(NC(=O)C(C)C)n1. The van der Waals surface area contributed by atoms with Crippen LogP contribution in [0.3, 0.4) is 0 Å². The van der Waals surface area contributed by atoms with Crippen LogP contribution in [-0.4, -0.2) is 41.0 Å². The monoisotopic (exact) mass is 403 g/mol. The highest BCUT2D eigenvalue weighted by molar-refractivity contribution is 5.94. The van der Waals surface area contributed by atoms with Crippen molar-refractivity contribution < 1.29 is 14.0 Å². The van der Waals surface area contributed by atoms with Crippen LogP contribution in [0.25, 0.3) is 0 Å². The van der Waals surface area contributed by atoms with Gasteiger partial charge in [0.1, 0.15) is 5.69 Å². The molecule has 2 atom stereocenters. The van der Waals surface area contributed by atoms with E-state index in [2.05, 4.69) is 20.6 Å². The summed E-state index contributed by atoms with van der Waals surface area (Å²) in [6.07, 6.45) is 5.05. The molecule has 0 aliphatic heterocycles. The zero-order valence-corrected chi connectivity index (χ0v) is 17.5. The normalized spacial score (nSPS) is 18.9. The molecule has 0 radical (unpaired) electrons. The summed E-state index contributed by atoms with van der Waals surface area (Å²) in [6, 6.07) is 1.33. The Morgan fingerprint density at radius 1 is 1.24 bits per heavy atom. The van der Waals surface area contributed by atoms with Crippen molar-refractivity contribution in [1.29, 1.82) is 0 Å². The third-order valence-electron chi connectivity index (χ3n) is 4.96. The van der Waals surface area contributed by atoms with Crippen LogP contribution in [0.5, 0.6) is 0 Å². The lowest BCUT2D eigenvalue weighted by molar-refractivity contribution is -0.118. The van der Waals surface area contributed by atoms with Gasteiger partial charge in [-0.25, -0.2) is 9.97 Å². The minimum absolute atomic E-state index is 0.0950. The molecule has 1 aromatic heterocycles. The number of nitrogens with two attached hydrogens (primary N) is 1. The number of anilines is 1. The second kappa shape index (κ2) is 10.2. The van der Waals surface area contributed by atoms with Crippen molar-refractivity contribution in [3.8, 4) is 0 Å². The molecule has 158 valence electrons. The molecule has 4 N–H and O–H groups in total. The molecule has 0 saturated carbocycles. The van der Waals surface area contributed by atoms with Crippen LogP contribution in [0.4, 0.5) is 10.3 Å². The van der Waals surface area contributed by atoms with Gasteiger partial charge < -0.3 is 11.1 Å². The Balaban J connectivity index is 2.05. The highest BCUT2D eigenvalue weighted by Gasteiger charge is 2.24. The first-order valence-corrected chi connectivity index (χ1v) is 9.88. The van der Waals surface area contributed by atoms with Gasteiger partial charge >= 0.3 is 0 Å². The van der Waals surface area contributed by atoms with E-state index in [-0.39, 0.29) is 54.6 Å². The zero-order chi connectivity index (χ0) is 21.6. The average molecular weight is 404 g/mol. The highest BCUT2D eigenvalue weighted by atomic mass is 19.1. The van der Waals surface area contributed by atoms with E-state index in [4.69, 9.17) is 5.73 Å². The fourth-order valence-electron chi connectivity index (χ4n) is 3.06. The molecule has 2 unspecified atom stereocenters. The van der Waals surface area contributed by atoms with E-state index in [0.717, 1.165) is 11.1 Å². The fraction of sp³-hybridized carbons (Fsp3) is 0.524. The Hall–Kier alpha value is -2.61. The molecule has 0 bridgehead atoms. The van der Waals surface area contributed by atoms with Gasteiger partial charge in [0.2, 0.25) is 11.9 Å². The average Bonchev–Trinajstić information content (AvgIpc) is 2.67. The number of amides is 2. The van der Waals surface area contributed by atoms with Gasteiger partial charge in [-0.05, 0) is 37.3 Å². The van der Waals surface area contributed by atoms with Crippen LogP contribution in [0, 0.1) is 18.8 Å². The molecule has 1 aliphatic carbocycles. The van der Waals surface area contributed by atoms with Crippen LogP contribution < -0.4 is 16.4 Å². The Kier molecular flexibility index (Phi) is 8.01. The molecule has 0 spiro atoms. The summed E-state index contributed by atoms with van der Waals surface area (Å²) in [7, 11) is 0. The number of allylic oxidation sites excluding steroid dienone is 2. The molecule has 7 nitrogen and oxygen atoms in total. The predicted octanol–water partition coefficient (Wildman–Crippen LogP) is 2.69. The van der Waals surface area contributed by atoms with E-state index < -0.39 is 0 Å². The Morgan fingerprint density at radius 3 is 2.59 bits per heavy atom. The third-order valence-corrected chi connectivity index (χ3v) is 4.96. The second-order valence-electron chi connectivity index (χ2n) is 7.63. The maximum absolute atomic E-state index is 12.6. The molecule has 0 aromatic carbocycles. The minimum atomic E-state index is -0.372. The van der Waals surface area contributed by atoms with E-state index in [1.807, 2.05) is 19.1 Å². The van der Waals surface area contributed by atoms with Gasteiger partial charge in [0.25, 0.3) is 5.91 Å². The molecule has 8 heteroatoms. The number of alkyl halides is 1. The molecule has 1 aliphatic rings. The fourth-order valence-corrected chi connectivity index (χ4v) is 3.06. The first-order valence-electron chi connectivity index (χ1n) is 9.88. The number of hydrogen-bond acceptors (Lipinski definition) is 5. The topological polar surface area (TPSA) is 110 Å². The van der Waals surface area contributed by atoms with Crippen molar-refractivity contribution in [2.45, 2.75) is 46.6 Å². The first kappa shape index (κ1) is 22.7. The largest absolute Gasteiger partial charge is 0.347 e. The van der Waals surface area contributed by atoms with Crippen LogP contribution in [0.15, 0.2) is 29.4 Å². The Labute approximate surface area is 171 Å². The van der Waals surface area contributed by atoms with Crippen LogP contribution in [0.1, 0.15) is 49.8 Å². The summed E-state index contributed by atoms with van der Waals surface area (Å²) in [5.41, 5.74) is 9.09. The highest BCUT2D eigenvalue weighted by Crippen LogP contribution is 2.27. The molecule has 2 rings (SSSR count). The van der Waals surface area contributed by atoms with Crippen LogP contribution in [0.2, 0.25) is 0 Å². The molecule has 1 aromatic rings. The maximum atomic E-state index is 12.6. The number of hydrogen-bond donors (Lipinski definition) is 3. The summed E-state index contributed by atoms with van der Waals surface area (Å²) >= 11 is 0. The van der Waals surface area contributed by atoms with Crippen LogP contribution >= 0.6 is 0 Å². The summed E-state index contributed by atoms with van der Waals surface area (Å²) in [5.74, 6) is -0.608. The van der Waals surface area contributed by atoms with Crippen molar-refractivity contribution in [3.63, 3.8) is 0 Å². The molecular formula is C21H30FN5O2. The van der Waals surface area contributed by atoms with Gasteiger partial charge in [0.05, 0.1) is 6.67 Å². The number of halogens is 1. The molecule has 1 heterocycles. The quantitative estimate of drug-likeness (QED) is 0.618. The zero-order valence-electron chi connectivity index (χ0n) is 17.5. The van der Waals surface area contributed by atoms with Crippen LogP contribution in [-0.2, 0) is 4.79 Å². The lowest BCUT2D eigenvalue weighted by Crippen LogP contribution is -2.39. The molecule has 2 amide bonds. The lowest BCUT2D eigenvalue weighted by atomic mass is 9.82. The van der Waals surface area contributed by atoms with Gasteiger partial charge in [0.15, 0.2) is 0 Å². The number of aromatic nitrogens is 2. The van der Waals surface area contributed by atoms with Crippen molar-refractivity contribution in [3.05, 3.63) is 40.8 Å². The standard InChI is InChI=1S/C21H30FN5O2/c1-12(2)19(28)27-21-25-13(3)10-17(26-21)20(29)24-11-16-8-7-15(6-5-9-22)14(4)18(16)23/h7-8,10,12,14,18H,5-6,9,11,23H2,1-4H3,(H,24,29)(H,25,26,27,28). The number of carbonyl (C=O) groups excluding carboxylic acids is 2. The van der Waals surface area contributed by atoms with Gasteiger partial charge in [-0.15, -0.1) is 0 Å². The summed E-state index contributed by atoms with van der Waals surface area (Å²) in [6.45, 7) is 7.21. The van der Waals surface area contributed by atoms with E-state index in [9.17, 15) is 14.0 Å². The van der Waals surface area contributed by atoms with E-state index in [1.165, 1.54) is 0 Å². The Bertz CT molecular complexity index is 819. The molecule has 0 fully saturated rings. The number of nitrogens with zero attached hydrogens (tertiary/aromatic N) is 2. The molecular weight excluding hydrogens is 373 g/mol. The van der Waals surface area contributed by atoms with E-state index >= 15 is 0 Å². The maximum Gasteiger partial charge on any atom is 0.270 e. The van der Waals surface area contributed by atoms with E-state index in [0.29, 0.717) is 18.5 Å². The van der Waals surface area contributed by atoms with Crippen molar-refractivity contribution in [2.75, 3.05) is 18.5 Å². The lowest BCUT2D eigenvalue weighted by Gasteiger charge is -2.29. The molecule has 29 heavy (non-hydrogen) atoms. The van der Waals surface area contributed by atoms with Gasteiger partial charge in [-0.2, -0.15) is 0 Å². The van der Waals surface area contributed by atoms with Crippen molar-refractivity contribution in [2.24, 2.45) is 17.6 Å². The van der Waals surface area contributed by atoms with Gasteiger partial charge in [-0.3, -0.25) is 19.3 Å². The summed E-state index contributed by atoms with van der Waals surface area (Å²) < 4.78 is 12.4. The summed E-state index contributed by atoms with van der Waals surface area (Å²) in [4.78, 5) is 32.7. The second-order valence-corrected chi connectivity index (χ2v) is 7.63. The van der Waals surface area contributed by atoms with E-state index in [1.54, 1.807) is 26.8 Å². The smallest absolute Gasteiger partial charge is 0.270 e. The van der Waals surface area contributed by atoms with Crippen molar-refractivity contribution in [1.82, 2.24) is 15.3 Å². The van der Waals surface area contributed by atoms with Crippen molar-refractivity contribution >= 4 is 17.8 Å². The Morgan fingerprint density at radius 2 is 1.93 bits per heavy atom. The number of rotatable bonds is 8. The van der Waals surface area contributed by atoms with Gasteiger partial charge in [0, 0.05) is 24.2 Å². The first-order chi connectivity index (χ1) is 13.7. The predicted molar refractivity (Wildman–Crippen MR) is 111 cm³/mol. The summed E-state index contributed by atoms with van der Waals surface area (Å²) in [5, 5.41) is 5.44. The number of carbonyl (C=O) groups is 2. The number of aryl methyl sites for hydroxylation is 1. The van der Waals surface area contributed by atoms with Gasteiger partial charge in [-0.1, -0.05) is 38.5 Å². The number of nitrogens with one attached hydrogen (secondary N) is 2. The minimum Gasteiger partial charge on any atom is -0.347 e. The third kappa shape index (κ3) is 6.19.